The number of carbonyl (C=O) groups is 3. The lowest BCUT2D eigenvalue weighted by atomic mass is 9.94. The van der Waals surface area contributed by atoms with Crippen molar-refractivity contribution in [3.63, 3.8) is 0 Å². The highest BCUT2D eigenvalue weighted by molar-refractivity contribution is 7.17. The summed E-state index contributed by atoms with van der Waals surface area (Å²) in [4.78, 5) is 44.7. The molecule has 0 bridgehead atoms. The number of amides is 1. The second-order valence-corrected chi connectivity index (χ2v) is 8.75. The zero-order chi connectivity index (χ0) is 26.0. The van der Waals surface area contributed by atoms with E-state index in [1.54, 1.807) is 55.5 Å². The maximum Gasteiger partial charge on any atom is 0.350 e. The molecule has 1 unspecified atom stereocenters. The van der Waals surface area contributed by atoms with Crippen LogP contribution in [0, 0.1) is 6.92 Å². The van der Waals surface area contributed by atoms with Gasteiger partial charge in [0, 0.05) is 11.1 Å². The highest BCUT2D eigenvalue weighted by Gasteiger charge is 2.49. The minimum absolute atomic E-state index is 0.122. The van der Waals surface area contributed by atoms with Crippen LogP contribution in [-0.4, -0.2) is 48.6 Å². The lowest BCUT2D eigenvalue weighted by molar-refractivity contribution is -0.132. The summed E-state index contributed by atoms with van der Waals surface area (Å²) < 4.78 is 15.8. The van der Waals surface area contributed by atoms with Gasteiger partial charge in [0.25, 0.3) is 5.78 Å². The number of thiazole rings is 1. The fourth-order valence-corrected chi connectivity index (χ4v) is 5.03. The SMILES string of the molecule is CCOc1ccc(/C(O)=C2\C(=O)C(=O)N(c3nc(C)c(C(=O)OC)s3)C2c2ccccc2OC)cc1. The minimum Gasteiger partial charge on any atom is -0.507 e. The average molecular weight is 509 g/mol. The number of rotatable bonds is 7. The molecule has 9 nitrogen and oxygen atoms in total. The van der Waals surface area contributed by atoms with Gasteiger partial charge in [0.2, 0.25) is 0 Å². The molecule has 0 radical (unpaired) electrons. The lowest BCUT2D eigenvalue weighted by Crippen LogP contribution is -2.29. The van der Waals surface area contributed by atoms with Crippen LogP contribution >= 0.6 is 11.3 Å². The molecule has 0 aliphatic carbocycles. The van der Waals surface area contributed by atoms with Crippen molar-refractivity contribution in [2.24, 2.45) is 0 Å². The number of aliphatic hydroxyl groups excluding tert-OH is 1. The van der Waals surface area contributed by atoms with Gasteiger partial charge in [-0.2, -0.15) is 0 Å². The van der Waals surface area contributed by atoms with E-state index < -0.39 is 23.7 Å². The molecule has 3 aromatic rings. The monoisotopic (exact) mass is 508 g/mol. The summed E-state index contributed by atoms with van der Waals surface area (Å²) in [6.45, 7) is 3.94. The molecule has 2 heterocycles. The fourth-order valence-electron chi connectivity index (χ4n) is 4.01. The van der Waals surface area contributed by atoms with E-state index in [2.05, 4.69) is 4.98 Å². The molecule has 1 aromatic heterocycles. The molecule has 1 saturated heterocycles. The number of hydrogen-bond acceptors (Lipinski definition) is 9. The van der Waals surface area contributed by atoms with E-state index in [1.807, 2.05) is 6.92 Å². The van der Waals surface area contributed by atoms with Gasteiger partial charge in [0.05, 0.1) is 32.1 Å². The van der Waals surface area contributed by atoms with Crippen molar-refractivity contribution in [1.82, 2.24) is 4.98 Å². The van der Waals surface area contributed by atoms with Gasteiger partial charge in [0.15, 0.2) is 5.13 Å². The summed E-state index contributed by atoms with van der Waals surface area (Å²) in [5.74, 6) is -1.71. The van der Waals surface area contributed by atoms with Crippen molar-refractivity contribution in [3.8, 4) is 11.5 Å². The normalized spacial score (nSPS) is 16.8. The molecule has 1 amide bonds. The highest BCUT2D eigenvalue weighted by atomic mass is 32.1. The Labute approximate surface area is 211 Å². The van der Waals surface area contributed by atoms with Crippen molar-refractivity contribution in [2.75, 3.05) is 25.7 Å². The first-order valence-corrected chi connectivity index (χ1v) is 11.9. The Kier molecular flexibility index (Phi) is 7.07. The maximum absolute atomic E-state index is 13.4. The van der Waals surface area contributed by atoms with E-state index in [-0.39, 0.29) is 21.3 Å². The predicted octanol–water partition coefficient (Wildman–Crippen LogP) is 4.27. The summed E-state index contributed by atoms with van der Waals surface area (Å²) >= 11 is 0.930. The third-order valence-electron chi connectivity index (χ3n) is 5.68. The smallest absolute Gasteiger partial charge is 0.350 e. The van der Waals surface area contributed by atoms with Crippen LogP contribution in [0.4, 0.5) is 5.13 Å². The van der Waals surface area contributed by atoms with Gasteiger partial charge in [-0.3, -0.25) is 14.5 Å². The third kappa shape index (κ3) is 4.31. The van der Waals surface area contributed by atoms with E-state index >= 15 is 0 Å². The molecule has 4 rings (SSSR count). The van der Waals surface area contributed by atoms with Crippen molar-refractivity contribution in [3.05, 3.63) is 75.8 Å². The van der Waals surface area contributed by atoms with E-state index in [4.69, 9.17) is 14.2 Å². The quantitative estimate of drug-likeness (QED) is 0.218. The molecular formula is C26H24N2O7S. The zero-order valence-electron chi connectivity index (χ0n) is 20.1. The molecule has 0 spiro atoms. The number of methoxy groups -OCH3 is 2. The summed E-state index contributed by atoms with van der Waals surface area (Å²) in [7, 11) is 2.72. The predicted molar refractivity (Wildman–Crippen MR) is 134 cm³/mol. The van der Waals surface area contributed by atoms with E-state index in [0.717, 1.165) is 11.3 Å². The number of aryl methyl sites for hydroxylation is 1. The van der Waals surface area contributed by atoms with Gasteiger partial charge >= 0.3 is 11.9 Å². The average Bonchev–Trinajstić information content (AvgIpc) is 3.40. The molecule has 1 N–H and O–H groups in total. The van der Waals surface area contributed by atoms with Gasteiger partial charge in [-0.15, -0.1) is 0 Å². The number of nitrogens with zero attached hydrogens (tertiary/aromatic N) is 2. The molecule has 1 fully saturated rings. The Bertz CT molecular complexity index is 1360. The van der Waals surface area contributed by atoms with Crippen LogP contribution in [-0.2, 0) is 14.3 Å². The molecule has 36 heavy (non-hydrogen) atoms. The number of aliphatic hydroxyl groups is 1. The van der Waals surface area contributed by atoms with Gasteiger partial charge < -0.3 is 19.3 Å². The largest absolute Gasteiger partial charge is 0.507 e. The molecule has 2 aromatic carbocycles. The van der Waals surface area contributed by atoms with Crippen LogP contribution < -0.4 is 14.4 Å². The van der Waals surface area contributed by atoms with Crippen LogP contribution in [0.15, 0.2) is 54.1 Å². The number of Topliss-reactive ketones (excluding diaryl/α,β-unsaturated/α-hetero) is 1. The van der Waals surface area contributed by atoms with Crippen LogP contribution in [0.2, 0.25) is 0 Å². The van der Waals surface area contributed by atoms with E-state index in [1.165, 1.54) is 19.1 Å². The number of hydrogen-bond donors (Lipinski definition) is 1. The number of esters is 1. The molecule has 0 saturated carbocycles. The molecule has 186 valence electrons. The maximum atomic E-state index is 13.4. The summed E-state index contributed by atoms with van der Waals surface area (Å²) in [6, 6.07) is 12.4. The summed E-state index contributed by atoms with van der Waals surface area (Å²) in [6.07, 6.45) is 0. The number of para-hydroxylation sites is 1. The number of ketones is 1. The van der Waals surface area contributed by atoms with E-state index in [0.29, 0.717) is 34.9 Å². The highest BCUT2D eigenvalue weighted by Crippen LogP contribution is 2.46. The Morgan fingerprint density at radius 2 is 1.81 bits per heavy atom. The second kappa shape index (κ2) is 10.2. The number of benzene rings is 2. The molecule has 1 aliphatic heterocycles. The van der Waals surface area contributed by atoms with Gasteiger partial charge in [-0.05, 0) is 44.2 Å². The van der Waals surface area contributed by atoms with Crippen LogP contribution in [0.25, 0.3) is 5.76 Å². The van der Waals surface area contributed by atoms with Crippen LogP contribution in [0.1, 0.15) is 39.5 Å². The topological polar surface area (TPSA) is 115 Å². The lowest BCUT2D eigenvalue weighted by Gasteiger charge is -2.24. The third-order valence-corrected chi connectivity index (χ3v) is 6.82. The molecular weight excluding hydrogens is 484 g/mol. The number of anilines is 1. The first kappa shape index (κ1) is 24.9. The summed E-state index contributed by atoms with van der Waals surface area (Å²) in [5.41, 5.74) is 1.04. The number of aromatic nitrogens is 1. The summed E-state index contributed by atoms with van der Waals surface area (Å²) in [5, 5.41) is 11.4. The van der Waals surface area contributed by atoms with Crippen LogP contribution in [0.5, 0.6) is 11.5 Å². The number of carbonyl (C=O) groups excluding carboxylic acids is 3. The molecule has 1 atom stereocenters. The fraction of sp³-hybridized carbons (Fsp3) is 0.231. The minimum atomic E-state index is -1.05. The van der Waals surface area contributed by atoms with Crippen molar-refractivity contribution in [1.29, 1.82) is 0 Å². The van der Waals surface area contributed by atoms with Crippen molar-refractivity contribution in [2.45, 2.75) is 19.9 Å². The van der Waals surface area contributed by atoms with Gasteiger partial charge in [0.1, 0.15) is 28.2 Å². The molecule has 1 aliphatic rings. The Hall–Kier alpha value is -4.18. The van der Waals surface area contributed by atoms with Gasteiger partial charge in [-0.25, -0.2) is 9.78 Å². The van der Waals surface area contributed by atoms with Gasteiger partial charge in [-0.1, -0.05) is 29.5 Å². The molecule has 10 heteroatoms. The second-order valence-electron chi connectivity index (χ2n) is 7.77. The van der Waals surface area contributed by atoms with Crippen molar-refractivity contribution >= 4 is 39.9 Å². The van der Waals surface area contributed by atoms with E-state index in [9.17, 15) is 19.5 Å². The zero-order valence-corrected chi connectivity index (χ0v) is 20.9. The first-order valence-electron chi connectivity index (χ1n) is 11.0. The van der Waals surface area contributed by atoms with Crippen LogP contribution in [0.3, 0.4) is 0 Å². The standard InChI is InChI=1S/C26H24N2O7S/c1-5-35-16-12-10-15(11-13-16)21(29)19-20(17-8-6-7-9-18(17)33-3)28(24(31)22(19)30)26-27-14(2)23(36-26)25(32)34-4/h6-13,20,29H,5H2,1-4H3/b21-19+. The Morgan fingerprint density at radius 3 is 2.44 bits per heavy atom. The first-order chi connectivity index (χ1) is 17.3. The Balaban J connectivity index is 1.93. The van der Waals surface area contributed by atoms with Crippen molar-refractivity contribution < 1.29 is 33.7 Å². The Morgan fingerprint density at radius 1 is 1.11 bits per heavy atom. The number of ether oxygens (including phenoxy) is 3.